The Morgan fingerprint density at radius 1 is 1.05 bits per heavy atom. The van der Waals surface area contributed by atoms with Crippen LogP contribution in [0.1, 0.15) is 5.76 Å². The molecule has 1 heterocycles. The average Bonchev–Trinajstić information content (AvgIpc) is 2.77. The van der Waals surface area contributed by atoms with Crippen molar-refractivity contribution in [3.8, 4) is 11.3 Å². The molecule has 0 atom stereocenters. The Labute approximate surface area is 105 Å². The Kier molecular flexibility index (Phi) is 3.42. The number of furan rings is 1. The SMILES string of the molecule is O=C(Cc1ccc(-c2ccc(F)cc2)o1)C(F)(F)F. The zero-order valence-electron chi connectivity index (χ0n) is 9.50. The molecular formula is C13H8F4O2. The monoisotopic (exact) mass is 272 g/mol. The maximum atomic E-state index is 12.7. The van der Waals surface area contributed by atoms with E-state index in [2.05, 4.69) is 0 Å². The number of ketones is 1. The molecular weight excluding hydrogens is 264 g/mol. The van der Waals surface area contributed by atoms with Crippen molar-refractivity contribution < 1.29 is 26.8 Å². The summed E-state index contributed by atoms with van der Waals surface area (Å²) in [7, 11) is 0. The second kappa shape index (κ2) is 4.87. The van der Waals surface area contributed by atoms with Crippen LogP contribution in [0, 0.1) is 5.82 Å². The minimum absolute atomic E-state index is 0.0818. The summed E-state index contributed by atoms with van der Waals surface area (Å²) in [5.41, 5.74) is 0.520. The summed E-state index contributed by atoms with van der Waals surface area (Å²) in [6, 6.07) is 8.01. The van der Waals surface area contributed by atoms with Gasteiger partial charge in [0, 0.05) is 5.56 Å². The molecule has 6 heteroatoms. The first-order valence-electron chi connectivity index (χ1n) is 5.31. The lowest BCUT2D eigenvalue weighted by Gasteiger charge is -2.02. The van der Waals surface area contributed by atoms with Gasteiger partial charge in [0.2, 0.25) is 5.78 Å². The first-order valence-corrected chi connectivity index (χ1v) is 5.31. The third kappa shape index (κ3) is 3.21. The van der Waals surface area contributed by atoms with E-state index >= 15 is 0 Å². The molecule has 0 aliphatic heterocycles. The van der Waals surface area contributed by atoms with Crippen LogP contribution in [0.2, 0.25) is 0 Å². The molecule has 0 spiro atoms. The van der Waals surface area contributed by atoms with Crippen molar-refractivity contribution in [3.63, 3.8) is 0 Å². The Bertz CT molecular complexity index is 581. The molecule has 2 rings (SSSR count). The normalized spacial score (nSPS) is 11.6. The van der Waals surface area contributed by atoms with Crippen LogP contribution in [-0.2, 0) is 11.2 Å². The van der Waals surface area contributed by atoms with E-state index in [1.165, 1.54) is 36.4 Å². The van der Waals surface area contributed by atoms with Crippen LogP contribution < -0.4 is 0 Å². The molecule has 0 bridgehead atoms. The fourth-order valence-corrected chi connectivity index (χ4v) is 1.50. The zero-order chi connectivity index (χ0) is 14.0. The molecule has 0 aliphatic rings. The number of carbonyl (C=O) groups is 1. The van der Waals surface area contributed by atoms with Crippen molar-refractivity contribution in [2.75, 3.05) is 0 Å². The third-order valence-electron chi connectivity index (χ3n) is 2.44. The summed E-state index contributed by atoms with van der Waals surface area (Å²) >= 11 is 0. The summed E-state index contributed by atoms with van der Waals surface area (Å²) in [6.45, 7) is 0. The molecule has 2 aromatic rings. The van der Waals surface area contributed by atoms with Gasteiger partial charge in [-0.3, -0.25) is 4.79 Å². The highest BCUT2D eigenvalue weighted by atomic mass is 19.4. The van der Waals surface area contributed by atoms with E-state index in [-0.39, 0.29) is 11.5 Å². The van der Waals surface area contributed by atoms with Crippen LogP contribution in [0.3, 0.4) is 0 Å². The first kappa shape index (κ1) is 13.3. The maximum absolute atomic E-state index is 12.7. The van der Waals surface area contributed by atoms with Gasteiger partial charge < -0.3 is 4.42 Å². The molecule has 0 saturated heterocycles. The second-order valence-electron chi connectivity index (χ2n) is 3.87. The number of benzene rings is 1. The van der Waals surface area contributed by atoms with Gasteiger partial charge in [-0.15, -0.1) is 0 Å². The predicted octanol–water partition coefficient (Wildman–Crippen LogP) is 3.76. The summed E-state index contributed by atoms with van der Waals surface area (Å²) < 4.78 is 54.1. The number of carbonyl (C=O) groups excluding carboxylic acids is 1. The fourth-order valence-electron chi connectivity index (χ4n) is 1.50. The standard InChI is InChI=1S/C13H8F4O2/c14-9-3-1-8(2-4-9)11-6-5-10(19-11)7-12(18)13(15,16)17/h1-6H,7H2. The molecule has 2 nitrogen and oxygen atoms in total. The highest BCUT2D eigenvalue weighted by molar-refractivity contribution is 5.85. The van der Waals surface area contributed by atoms with Crippen molar-refractivity contribution in [1.29, 1.82) is 0 Å². The molecule has 0 fully saturated rings. The summed E-state index contributed by atoms with van der Waals surface area (Å²) in [6.07, 6.45) is -5.71. The molecule has 0 aliphatic carbocycles. The van der Waals surface area contributed by atoms with E-state index in [4.69, 9.17) is 4.42 Å². The number of hydrogen-bond acceptors (Lipinski definition) is 2. The van der Waals surface area contributed by atoms with Crippen LogP contribution in [0.25, 0.3) is 11.3 Å². The first-order chi connectivity index (χ1) is 8.86. The highest BCUT2D eigenvalue weighted by Crippen LogP contribution is 2.24. The van der Waals surface area contributed by atoms with Crippen LogP contribution in [0.5, 0.6) is 0 Å². The lowest BCUT2D eigenvalue weighted by molar-refractivity contribution is -0.170. The predicted molar refractivity (Wildman–Crippen MR) is 58.9 cm³/mol. The lowest BCUT2D eigenvalue weighted by Crippen LogP contribution is -2.24. The third-order valence-corrected chi connectivity index (χ3v) is 2.44. The van der Waals surface area contributed by atoms with Crippen molar-refractivity contribution in [2.24, 2.45) is 0 Å². The van der Waals surface area contributed by atoms with Gasteiger partial charge in [0.05, 0.1) is 6.42 Å². The van der Waals surface area contributed by atoms with Gasteiger partial charge in [-0.25, -0.2) is 4.39 Å². The van der Waals surface area contributed by atoms with E-state index in [1.54, 1.807) is 0 Å². The maximum Gasteiger partial charge on any atom is 0.450 e. The van der Waals surface area contributed by atoms with Crippen molar-refractivity contribution in [2.45, 2.75) is 12.6 Å². The minimum Gasteiger partial charge on any atom is -0.461 e. The van der Waals surface area contributed by atoms with Gasteiger partial charge in [-0.1, -0.05) is 0 Å². The number of alkyl halides is 3. The lowest BCUT2D eigenvalue weighted by atomic mass is 10.2. The van der Waals surface area contributed by atoms with Gasteiger partial charge in [0.25, 0.3) is 0 Å². The van der Waals surface area contributed by atoms with Crippen LogP contribution in [0.15, 0.2) is 40.8 Å². The second-order valence-corrected chi connectivity index (χ2v) is 3.87. The van der Waals surface area contributed by atoms with E-state index in [1.807, 2.05) is 0 Å². The molecule has 0 N–H and O–H groups in total. The van der Waals surface area contributed by atoms with Gasteiger partial charge >= 0.3 is 6.18 Å². The van der Waals surface area contributed by atoms with Crippen LogP contribution in [0.4, 0.5) is 17.6 Å². The molecule has 0 saturated carbocycles. The number of Topliss-reactive ketones (excluding diaryl/α,β-unsaturated/α-hetero) is 1. The Morgan fingerprint density at radius 3 is 2.26 bits per heavy atom. The molecule has 1 aromatic carbocycles. The smallest absolute Gasteiger partial charge is 0.450 e. The van der Waals surface area contributed by atoms with Gasteiger partial charge in [0.15, 0.2) is 0 Å². The summed E-state index contributed by atoms with van der Waals surface area (Å²) in [5, 5.41) is 0. The van der Waals surface area contributed by atoms with E-state index in [0.29, 0.717) is 5.56 Å². The zero-order valence-corrected chi connectivity index (χ0v) is 9.50. The summed E-state index contributed by atoms with van der Waals surface area (Å²) in [5.74, 6) is -2.10. The van der Waals surface area contributed by atoms with Crippen molar-refractivity contribution in [1.82, 2.24) is 0 Å². The van der Waals surface area contributed by atoms with Gasteiger partial charge in [0.1, 0.15) is 17.3 Å². The molecule has 0 unspecified atom stereocenters. The Hall–Kier alpha value is -2.11. The molecule has 100 valence electrons. The Balaban J connectivity index is 2.16. The largest absolute Gasteiger partial charge is 0.461 e. The molecule has 1 aromatic heterocycles. The van der Waals surface area contributed by atoms with Gasteiger partial charge in [-0.05, 0) is 36.4 Å². The van der Waals surface area contributed by atoms with E-state index < -0.39 is 24.2 Å². The molecule has 19 heavy (non-hydrogen) atoms. The number of halogens is 4. The summed E-state index contributed by atoms with van der Waals surface area (Å²) in [4.78, 5) is 10.8. The molecule has 0 amide bonds. The number of rotatable bonds is 3. The van der Waals surface area contributed by atoms with Crippen LogP contribution >= 0.6 is 0 Å². The topological polar surface area (TPSA) is 30.2 Å². The molecule has 0 radical (unpaired) electrons. The van der Waals surface area contributed by atoms with E-state index in [9.17, 15) is 22.4 Å². The van der Waals surface area contributed by atoms with Gasteiger partial charge in [-0.2, -0.15) is 13.2 Å². The van der Waals surface area contributed by atoms with Crippen LogP contribution in [-0.4, -0.2) is 12.0 Å². The van der Waals surface area contributed by atoms with E-state index in [0.717, 1.165) is 0 Å². The van der Waals surface area contributed by atoms with Crippen molar-refractivity contribution in [3.05, 3.63) is 48.0 Å². The fraction of sp³-hybridized carbons (Fsp3) is 0.154. The minimum atomic E-state index is -4.87. The quantitative estimate of drug-likeness (QED) is 0.796. The number of hydrogen-bond donors (Lipinski definition) is 0. The Morgan fingerprint density at radius 2 is 1.68 bits per heavy atom. The average molecular weight is 272 g/mol. The van der Waals surface area contributed by atoms with Crippen molar-refractivity contribution >= 4 is 5.78 Å². The highest BCUT2D eigenvalue weighted by Gasteiger charge is 2.38.